The van der Waals surface area contributed by atoms with Gasteiger partial charge in [-0.15, -0.1) is 0 Å². The smallest absolute Gasteiger partial charge is 0.344 e. The lowest BCUT2D eigenvalue weighted by Gasteiger charge is -2.19. The maximum atomic E-state index is 11.3. The number of esters is 1. The van der Waals surface area contributed by atoms with E-state index in [1.165, 1.54) is 12.3 Å². The maximum Gasteiger partial charge on any atom is 0.344 e. The first-order valence-electron chi connectivity index (χ1n) is 4.83. The molecule has 88 valence electrons. The molecule has 0 N–H and O–H groups in total. The second kappa shape index (κ2) is 5.16. The summed E-state index contributed by atoms with van der Waals surface area (Å²) in [6.07, 6.45) is 1.51. The van der Waals surface area contributed by atoms with Crippen molar-refractivity contribution in [3.05, 3.63) is 23.5 Å². The summed E-state index contributed by atoms with van der Waals surface area (Å²) in [5.41, 5.74) is -0.504. The van der Waals surface area contributed by atoms with Crippen molar-refractivity contribution in [3.8, 4) is 5.75 Å². The molecule has 4 nitrogen and oxygen atoms in total. The average Bonchev–Trinajstić information content (AvgIpc) is 2.12. The van der Waals surface area contributed by atoms with Crippen molar-refractivity contribution in [2.75, 3.05) is 6.61 Å². The second-order valence-electron chi connectivity index (χ2n) is 4.19. The lowest BCUT2D eigenvalue weighted by Crippen LogP contribution is -2.27. The Morgan fingerprint density at radius 2 is 2.19 bits per heavy atom. The zero-order valence-corrected chi connectivity index (χ0v) is 10.2. The highest BCUT2D eigenvalue weighted by Crippen LogP contribution is 2.14. The molecule has 0 saturated heterocycles. The Labute approximate surface area is 99.5 Å². The quantitative estimate of drug-likeness (QED) is 0.604. The van der Waals surface area contributed by atoms with Crippen molar-refractivity contribution < 1.29 is 14.3 Å². The van der Waals surface area contributed by atoms with Gasteiger partial charge >= 0.3 is 5.97 Å². The highest BCUT2D eigenvalue weighted by molar-refractivity contribution is 6.29. The molecular formula is C11H14ClNO3. The first kappa shape index (κ1) is 12.8. The van der Waals surface area contributed by atoms with E-state index in [9.17, 15) is 4.79 Å². The van der Waals surface area contributed by atoms with Crippen molar-refractivity contribution in [2.24, 2.45) is 0 Å². The van der Waals surface area contributed by atoms with Gasteiger partial charge in [0.2, 0.25) is 0 Å². The number of rotatable bonds is 3. The minimum atomic E-state index is -0.504. The van der Waals surface area contributed by atoms with Gasteiger partial charge < -0.3 is 9.47 Å². The predicted molar refractivity (Wildman–Crippen MR) is 60.6 cm³/mol. The Kier molecular flexibility index (Phi) is 4.12. The van der Waals surface area contributed by atoms with E-state index in [4.69, 9.17) is 21.1 Å². The van der Waals surface area contributed by atoms with Crippen molar-refractivity contribution in [1.29, 1.82) is 0 Å². The molecule has 0 unspecified atom stereocenters. The number of carbonyl (C=O) groups excluding carboxylic acids is 1. The van der Waals surface area contributed by atoms with Gasteiger partial charge in [-0.3, -0.25) is 0 Å². The molecule has 0 saturated carbocycles. The van der Waals surface area contributed by atoms with Gasteiger partial charge in [-0.25, -0.2) is 9.78 Å². The SMILES string of the molecule is CC(C)(C)OC(=O)COc1ccnc(Cl)c1. The highest BCUT2D eigenvalue weighted by atomic mass is 35.5. The lowest BCUT2D eigenvalue weighted by atomic mass is 10.2. The van der Waals surface area contributed by atoms with Gasteiger partial charge in [0, 0.05) is 12.3 Å². The molecule has 0 bridgehead atoms. The zero-order chi connectivity index (χ0) is 12.2. The molecule has 16 heavy (non-hydrogen) atoms. The van der Waals surface area contributed by atoms with E-state index in [0.717, 1.165) is 0 Å². The zero-order valence-electron chi connectivity index (χ0n) is 9.49. The van der Waals surface area contributed by atoms with Crippen LogP contribution < -0.4 is 4.74 Å². The van der Waals surface area contributed by atoms with Crippen LogP contribution >= 0.6 is 11.6 Å². The molecule has 0 radical (unpaired) electrons. The van der Waals surface area contributed by atoms with Crippen LogP contribution in [0.25, 0.3) is 0 Å². The van der Waals surface area contributed by atoms with Crippen LogP contribution in [0.3, 0.4) is 0 Å². The van der Waals surface area contributed by atoms with E-state index in [0.29, 0.717) is 10.9 Å². The van der Waals surface area contributed by atoms with E-state index in [1.807, 2.05) is 0 Å². The van der Waals surface area contributed by atoms with Gasteiger partial charge in [0.15, 0.2) is 6.61 Å². The number of ether oxygens (including phenoxy) is 2. The summed E-state index contributed by atoms with van der Waals surface area (Å²) in [5, 5.41) is 0.321. The Morgan fingerprint density at radius 1 is 1.50 bits per heavy atom. The van der Waals surface area contributed by atoms with Crippen LogP contribution in [-0.4, -0.2) is 23.2 Å². The standard InChI is InChI=1S/C11H14ClNO3/c1-11(2,3)16-10(14)7-15-8-4-5-13-9(12)6-8/h4-6H,7H2,1-3H3. The molecule has 0 amide bonds. The van der Waals surface area contributed by atoms with Crippen LogP contribution in [0.4, 0.5) is 0 Å². The Morgan fingerprint density at radius 3 is 2.75 bits per heavy atom. The third kappa shape index (κ3) is 4.98. The molecule has 0 aliphatic carbocycles. The normalized spacial score (nSPS) is 11.0. The summed E-state index contributed by atoms with van der Waals surface area (Å²) < 4.78 is 10.3. The monoisotopic (exact) mass is 243 g/mol. The predicted octanol–water partition coefficient (Wildman–Crippen LogP) is 2.46. The van der Waals surface area contributed by atoms with Gasteiger partial charge in [-0.1, -0.05) is 11.6 Å². The molecule has 1 rings (SSSR count). The number of hydrogen-bond donors (Lipinski definition) is 0. The highest BCUT2D eigenvalue weighted by Gasteiger charge is 2.16. The van der Waals surface area contributed by atoms with E-state index >= 15 is 0 Å². The largest absolute Gasteiger partial charge is 0.482 e. The Hall–Kier alpha value is -1.29. The molecule has 0 spiro atoms. The van der Waals surface area contributed by atoms with Crippen molar-refractivity contribution in [1.82, 2.24) is 4.98 Å². The third-order valence-electron chi connectivity index (χ3n) is 1.47. The van der Waals surface area contributed by atoms with Crippen LogP contribution in [0.2, 0.25) is 5.15 Å². The van der Waals surface area contributed by atoms with Crippen molar-refractivity contribution in [2.45, 2.75) is 26.4 Å². The fraction of sp³-hybridized carbons (Fsp3) is 0.455. The third-order valence-corrected chi connectivity index (χ3v) is 1.68. The fourth-order valence-corrected chi connectivity index (χ4v) is 1.15. The molecular weight excluding hydrogens is 230 g/mol. The number of hydrogen-bond acceptors (Lipinski definition) is 4. The Balaban J connectivity index is 2.43. The van der Waals surface area contributed by atoms with Crippen LogP contribution in [0, 0.1) is 0 Å². The molecule has 0 aliphatic rings. The minimum Gasteiger partial charge on any atom is -0.482 e. The van der Waals surface area contributed by atoms with Crippen molar-refractivity contribution >= 4 is 17.6 Å². The summed E-state index contributed by atoms with van der Waals surface area (Å²) >= 11 is 5.66. The molecule has 1 heterocycles. The van der Waals surface area contributed by atoms with E-state index in [1.54, 1.807) is 26.8 Å². The maximum absolute atomic E-state index is 11.3. The second-order valence-corrected chi connectivity index (χ2v) is 4.58. The molecule has 0 atom stereocenters. The van der Waals surface area contributed by atoms with Gasteiger partial charge in [0.25, 0.3) is 0 Å². The summed E-state index contributed by atoms with van der Waals surface area (Å²) in [5.74, 6) is 0.0753. The minimum absolute atomic E-state index is 0.141. The molecule has 0 aliphatic heterocycles. The van der Waals surface area contributed by atoms with Crippen LogP contribution in [-0.2, 0) is 9.53 Å². The summed E-state index contributed by atoms with van der Waals surface area (Å²) in [7, 11) is 0. The summed E-state index contributed by atoms with van der Waals surface area (Å²) in [6.45, 7) is 5.26. The fourth-order valence-electron chi connectivity index (χ4n) is 0.988. The lowest BCUT2D eigenvalue weighted by molar-refractivity contribution is -0.157. The van der Waals surface area contributed by atoms with E-state index < -0.39 is 11.6 Å². The molecule has 0 aromatic carbocycles. The first-order chi connectivity index (χ1) is 7.37. The summed E-state index contributed by atoms with van der Waals surface area (Å²) in [6, 6.07) is 3.15. The van der Waals surface area contributed by atoms with Crippen LogP contribution in [0.15, 0.2) is 18.3 Å². The number of carbonyl (C=O) groups is 1. The van der Waals surface area contributed by atoms with E-state index in [-0.39, 0.29) is 6.61 Å². The number of nitrogens with zero attached hydrogens (tertiary/aromatic N) is 1. The van der Waals surface area contributed by atoms with Crippen molar-refractivity contribution in [3.63, 3.8) is 0 Å². The molecule has 0 fully saturated rings. The van der Waals surface area contributed by atoms with Gasteiger partial charge in [-0.05, 0) is 26.8 Å². The Bertz CT molecular complexity index is 374. The number of halogens is 1. The average molecular weight is 244 g/mol. The van der Waals surface area contributed by atoms with E-state index in [2.05, 4.69) is 4.98 Å². The number of pyridine rings is 1. The topological polar surface area (TPSA) is 48.4 Å². The first-order valence-corrected chi connectivity index (χ1v) is 5.21. The molecule has 1 aromatic rings. The van der Waals surface area contributed by atoms with Crippen LogP contribution in [0.5, 0.6) is 5.75 Å². The number of aromatic nitrogens is 1. The van der Waals surface area contributed by atoms with Crippen LogP contribution in [0.1, 0.15) is 20.8 Å². The molecule has 5 heteroatoms. The van der Waals surface area contributed by atoms with Gasteiger partial charge in [0.05, 0.1) is 0 Å². The van der Waals surface area contributed by atoms with Gasteiger partial charge in [-0.2, -0.15) is 0 Å². The van der Waals surface area contributed by atoms with Gasteiger partial charge in [0.1, 0.15) is 16.5 Å². The molecule has 1 aromatic heterocycles. The summed E-state index contributed by atoms with van der Waals surface area (Å²) in [4.78, 5) is 15.1.